The van der Waals surface area contributed by atoms with Crippen LogP contribution in [-0.2, 0) is 0 Å². The van der Waals surface area contributed by atoms with Gasteiger partial charge in [-0.15, -0.1) is 0 Å². The molecule has 2 atom stereocenters. The number of rotatable bonds is 2. The third kappa shape index (κ3) is 2.26. The largest absolute Gasteiger partial charge is 0.339 e. The average Bonchev–Trinajstić information content (AvgIpc) is 2.89. The molecule has 2 unspecified atom stereocenters. The standard InChI is InChI=1S/C13H16N4O/c14-10-5-3-4-9(8-10)13-16-12(17-18-13)11-6-1-2-7-15-11/h1-2,6-7,9-10H,3-5,8,14H2. The lowest BCUT2D eigenvalue weighted by molar-refractivity contribution is 0.299. The molecule has 5 nitrogen and oxygen atoms in total. The van der Waals surface area contributed by atoms with Gasteiger partial charge in [-0.1, -0.05) is 17.6 Å². The van der Waals surface area contributed by atoms with E-state index in [4.69, 9.17) is 10.3 Å². The molecule has 5 heteroatoms. The highest BCUT2D eigenvalue weighted by Gasteiger charge is 2.25. The molecule has 1 fully saturated rings. The number of nitrogens with two attached hydrogens (primary N) is 1. The van der Waals surface area contributed by atoms with Crippen LogP contribution in [0.1, 0.15) is 37.5 Å². The Bertz CT molecular complexity index is 511. The maximum absolute atomic E-state index is 5.98. The van der Waals surface area contributed by atoms with Crippen molar-refractivity contribution in [3.05, 3.63) is 30.3 Å². The predicted molar refractivity (Wildman–Crippen MR) is 66.7 cm³/mol. The maximum atomic E-state index is 5.98. The molecule has 0 amide bonds. The van der Waals surface area contributed by atoms with E-state index in [-0.39, 0.29) is 6.04 Å². The first-order valence-electron chi connectivity index (χ1n) is 6.33. The summed E-state index contributed by atoms with van der Waals surface area (Å²) in [6.07, 6.45) is 5.97. The summed E-state index contributed by atoms with van der Waals surface area (Å²) in [5.74, 6) is 1.56. The fourth-order valence-corrected chi connectivity index (χ4v) is 2.45. The van der Waals surface area contributed by atoms with Gasteiger partial charge in [0.15, 0.2) is 0 Å². The fraction of sp³-hybridized carbons (Fsp3) is 0.462. The summed E-state index contributed by atoms with van der Waals surface area (Å²) in [6.45, 7) is 0. The van der Waals surface area contributed by atoms with Crippen LogP contribution in [0.2, 0.25) is 0 Å². The molecular formula is C13H16N4O. The Morgan fingerprint density at radius 3 is 3.00 bits per heavy atom. The summed E-state index contributed by atoms with van der Waals surface area (Å²) in [4.78, 5) is 8.66. The number of aromatic nitrogens is 3. The molecule has 0 bridgehead atoms. The van der Waals surface area contributed by atoms with Gasteiger partial charge in [0.1, 0.15) is 5.69 Å². The summed E-state index contributed by atoms with van der Waals surface area (Å²) >= 11 is 0. The molecule has 1 saturated carbocycles. The summed E-state index contributed by atoms with van der Waals surface area (Å²) in [5, 5.41) is 4.00. The van der Waals surface area contributed by atoms with Crippen molar-refractivity contribution in [2.75, 3.05) is 0 Å². The second-order valence-electron chi connectivity index (χ2n) is 4.79. The van der Waals surface area contributed by atoms with Crippen molar-refractivity contribution in [3.8, 4) is 11.5 Å². The van der Waals surface area contributed by atoms with E-state index in [9.17, 15) is 0 Å². The summed E-state index contributed by atoms with van der Waals surface area (Å²) in [6, 6.07) is 5.91. The van der Waals surface area contributed by atoms with Crippen LogP contribution in [0.4, 0.5) is 0 Å². The molecule has 0 radical (unpaired) electrons. The van der Waals surface area contributed by atoms with E-state index in [1.54, 1.807) is 6.20 Å². The molecule has 0 saturated heterocycles. The summed E-state index contributed by atoms with van der Waals surface area (Å²) < 4.78 is 5.35. The van der Waals surface area contributed by atoms with Gasteiger partial charge in [0, 0.05) is 18.2 Å². The van der Waals surface area contributed by atoms with Crippen molar-refractivity contribution >= 4 is 0 Å². The first-order chi connectivity index (χ1) is 8.83. The van der Waals surface area contributed by atoms with Crippen molar-refractivity contribution in [3.63, 3.8) is 0 Å². The molecule has 2 heterocycles. The van der Waals surface area contributed by atoms with Gasteiger partial charge in [-0.25, -0.2) is 0 Å². The molecule has 1 aliphatic carbocycles. The van der Waals surface area contributed by atoms with Crippen LogP contribution in [0, 0.1) is 0 Å². The Balaban J connectivity index is 1.81. The molecule has 2 aromatic heterocycles. The lowest BCUT2D eigenvalue weighted by Gasteiger charge is -2.23. The van der Waals surface area contributed by atoms with Crippen LogP contribution in [0.15, 0.2) is 28.9 Å². The van der Waals surface area contributed by atoms with Gasteiger partial charge < -0.3 is 10.3 Å². The third-order valence-corrected chi connectivity index (χ3v) is 3.40. The van der Waals surface area contributed by atoms with Gasteiger partial charge >= 0.3 is 0 Å². The van der Waals surface area contributed by atoms with Crippen molar-refractivity contribution < 1.29 is 4.52 Å². The van der Waals surface area contributed by atoms with Crippen molar-refractivity contribution in [1.29, 1.82) is 0 Å². The van der Waals surface area contributed by atoms with Gasteiger partial charge in [0.05, 0.1) is 0 Å². The molecule has 0 aromatic carbocycles. The summed E-state index contributed by atoms with van der Waals surface area (Å²) in [7, 11) is 0. The molecule has 2 aromatic rings. The van der Waals surface area contributed by atoms with E-state index in [0.717, 1.165) is 31.4 Å². The molecule has 3 rings (SSSR count). The molecule has 2 N–H and O–H groups in total. The maximum Gasteiger partial charge on any atom is 0.230 e. The van der Waals surface area contributed by atoms with Crippen LogP contribution in [0.5, 0.6) is 0 Å². The van der Waals surface area contributed by atoms with Crippen LogP contribution in [0.3, 0.4) is 0 Å². The van der Waals surface area contributed by atoms with E-state index >= 15 is 0 Å². The normalized spacial score (nSPS) is 24.1. The van der Waals surface area contributed by atoms with Gasteiger partial charge in [0.25, 0.3) is 0 Å². The number of hydrogen-bond donors (Lipinski definition) is 1. The van der Waals surface area contributed by atoms with E-state index in [1.165, 1.54) is 0 Å². The Morgan fingerprint density at radius 1 is 1.28 bits per heavy atom. The van der Waals surface area contributed by atoms with Gasteiger partial charge in [-0.05, 0) is 31.4 Å². The van der Waals surface area contributed by atoms with Crippen LogP contribution >= 0.6 is 0 Å². The first-order valence-corrected chi connectivity index (χ1v) is 6.33. The Kier molecular flexibility index (Phi) is 3.06. The quantitative estimate of drug-likeness (QED) is 0.875. The highest BCUT2D eigenvalue weighted by molar-refractivity contribution is 5.47. The minimum atomic E-state index is 0.258. The van der Waals surface area contributed by atoms with E-state index in [0.29, 0.717) is 17.6 Å². The highest BCUT2D eigenvalue weighted by Crippen LogP contribution is 2.31. The SMILES string of the molecule is NC1CCCC(c2nc(-c3ccccn3)no2)C1. The van der Waals surface area contributed by atoms with Gasteiger partial charge in [-0.3, -0.25) is 4.98 Å². The lowest BCUT2D eigenvalue weighted by atomic mass is 9.86. The zero-order chi connectivity index (χ0) is 12.4. The number of pyridine rings is 1. The molecule has 18 heavy (non-hydrogen) atoms. The molecule has 94 valence electrons. The smallest absolute Gasteiger partial charge is 0.230 e. The minimum absolute atomic E-state index is 0.258. The van der Waals surface area contributed by atoms with Crippen LogP contribution in [-0.4, -0.2) is 21.2 Å². The van der Waals surface area contributed by atoms with E-state index < -0.39 is 0 Å². The van der Waals surface area contributed by atoms with Crippen LogP contribution < -0.4 is 5.73 Å². The van der Waals surface area contributed by atoms with E-state index in [1.807, 2.05) is 18.2 Å². The molecule has 0 spiro atoms. The monoisotopic (exact) mass is 244 g/mol. The summed E-state index contributed by atoms with van der Waals surface area (Å²) in [5.41, 5.74) is 6.72. The highest BCUT2D eigenvalue weighted by atomic mass is 16.5. The Hall–Kier alpha value is -1.75. The predicted octanol–water partition coefficient (Wildman–Crippen LogP) is 2.12. The number of hydrogen-bond acceptors (Lipinski definition) is 5. The van der Waals surface area contributed by atoms with Crippen molar-refractivity contribution in [1.82, 2.24) is 15.1 Å². The zero-order valence-corrected chi connectivity index (χ0v) is 10.1. The van der Waals surface area contributed by atoms with Crippen molar-refractivity contribution in [2.24, 2.45) is 5.73 Å². The van der Waals surface area contributed by atoms with Crippen molar-refractivity contribution in [2.45, 2.75) is 37.6 Å². The third-order valence-electron chi connectivity index (χ3n) is 3.40. The fourth-order valence-electron chi connectivity index (χ4n) is 2.45. The van der Waals surface area contributed by atoms with Crippen LogP contribution in [0.25, 0.3) is 11.5 Å². The van der Waals surface area contributed by atoms with E-state index in [2.05, 4.69) is 15.1 Å². The first kappa shape index (κ1) is 11.3. The second kappa shape index (κ2) is 4.86. The minimum Gasteiger partial charge on any atom is -0.339 e. The average molecular weight is 244 g/mol. The second-order valence-corrected chi connectivity index (χ2v) is 4.79. The molecular weight excluding hydrogens is 228 g/mol. The zero-order valence-electron chi connectivity index (χ0n) is 10.1. The topological polar surface area (TPSA) is 77.8 Å². The Labute approximate surface area is 105 Å². The van der Waals surface area contributed by atoms with Gasteiger partial charge in [-0.2, -0.15) is 4.98 Å². The molecule has 0 aliphatic heterocycles. The molecule has 1 aliphatic rings. The Morgan fingerprint density at radius 2 is 2.22 bits per heavy atom. The number of nitrogens with zero attached hydrogens (tertiary/aromatic N) is 3. The lowest BCUT2D eigenvalue weighted by Crippen LogP contribution is -2.26. The van der Waals surface area contributed by atoms with Gasteiger partial charge in [0.2, 0.25) is 11.7 Å².